The summed E-state index contributed by atoms with van der Waals surface area (Å²) >= 11 is 0. The molecule has 0 saturated carbocycles. The predicted molar refractivity (Wildman–Crippen MR) is 174 cm³/mol. The highest BCUT2D eigenvalue weighted by atomic mass is 32.3. The molecule has 3 rings (SSSR count). The predicted octanol–water partition coefficient (Wildman–Crippen LogP) is 7.47. The SMILES string of the molecule is CCCCS(=O)(=O)OS(c1ccccc1)(c1cccc(OCC(=O)OC(C)(C)C)c1)c1cccc(OCC(=O)OC(C)(C)C)c1. The van der Waals surface area contributed by atoms with E-state index in [1.807, 2.05) is 37.3 Å². The van der Waals surface area contributed by atoms with Crippen LogP contribution in [-0.2, 0) is 32.8 Å². The number of carbonyl (C=O) groups excluding carboxylic acids is 2. The fourth-order valence-corrected chi connectivity index (χ4v) is 9.72. The van der Waals surface area contributed by atoms with Crippen molar-refractivity contribution >= 4 is 32.4 Å². The Bertz CT molecular complexity index is 1460. The molecule has 45 heavy (non-hydrogen) atoms. The molecule has 0 N–H and O–H groups in total. The Morgan fingerprint density at radius 2 is 1.09 bits per heavy atom. The van der Waals surface area contributed by atoms with Gasteiger partial charge in [-0.25, -0.2) is 13.2 Å². The lowest BCUT2D eigenvalue weighted by atomic mass is 10.2. The molecule has 0 unspecified atom stereocenters. The monoisotopic (exact) mass is 660 g/mol. The Morgan fingerprint density at radius 1 is 0.644 bits per heavy atom. The van der Waals surface area contributed by atoms with Crippen molar-refractivity contribution in [1.29, 1.82) is 0 Å². The first-order valence-corrected chi connectivity index (χ1v) is 17.9. The van der Waals surface area contributed by atoms with Gasteiger partial charge in [-0.05, 0) is 107 Å². The maximum absolute atomic E-state index is 13.6. The minimum atomic E-state index is -4.06. The molecule has 0 aliphatic heterocycles. The molecule has 246 valence electrons. The Balaban J connectivity index is 2.14. The van der Waals surface area contributed by atoms with Crippen molar-refractivity contribution in [3.8, 4) is 11.5 Å². The van der Waals surface area contributed by atoms with Crippen molar-refractivity contribution in [2.75, 3.05) is 19.0 Å². The van der Waals surface area contributed by atoms with Gasteiger partial charge < -0.3 is 18.9 Å². The Kier molecular flexibility index (Phi) is 12.1. The van der Waals surface area contributed by atoms with E-state index in [-0.39, 0.29) is 19.0 Å². The molecule has 11 heteroatoms. The van der Waals surface area contributed by atoms with Crippen LogP contribution in [-0.4, -0.2) is 50.5 Å². The Hall–Kier alpha value is -3.54. The molecule has 0 aromatic heterocycles. The minimum absolute atomic E-state index is 0.172. The minimum Gasteiger partial charge on any atom is -0.482 e. The summed E-state index contributed by atoms with van der Waals surface area (Å²) in [5, 5.41) is 0. The van der Waals surface area contributed by atoms with Gasteiger partial charge in [-0.1, -0.05) is 43.7 Å². The van der Waals surface area contributed by atoms with Gasteiger partial charge in [-0.15, -0.1) is 0 Å². The Morgan fingerprint density at radius 3 is 1.51 bits per heavy atom. The zero-order valence-corrected chi connectivity index (χ0v) is 28.7. The summed E-state index contributed by atoms with van der Waals surface area (Å²) in [4.78, 5) is 26.4. The van der Waals surface area contributed by atoms with E-state index in [2.05, 4.69) is 0 Å². The van der Waals surface area contributed by atoms with Gasteiger partial charge in [0.1, 0.15) is 22.7 Å². The van der Waals surface area contributed by atoms with E-state index in [1.54, 1.807) is 90.1 Å². The van der Waals surface area contributed by atoms with Gasteiger partial charge in [-0.2, -0.15) is 8.42 Å². The molecule has 0 bridgehead atoms. The summed E-state index contributed by atoms with van der Waals surface area (Å²) in [6.07, 6.45) is 1.09. The summed E-state index contributed by atoms with van der Waals surface area (Å²) in [6.45, 7) is 11.8. The van der Waals surface area contributed by atoms with Crippen LogP contribution in [0.15, 0.2) is 93.5 Å². The summed E-state index contributed by atoms with van der Waals surface area (Å²) < 4.78 is 55.9. The first-order valence-electron chi connectivity index (χ1n) is 14.7. The zero-order chi connectivity index (χ0) is 33.3. The summed E-state index contributed by atoms with van der Waals surface area (Å²) in [7, 11) is -7.04. The average molecular weight is 661 g/mol. The number of hydrogen-bond acceptors (Lipinski definition) is 9. The summed E-state index contributed by atoms with van der Waals surface area (Å²) in [5.74, 6) is -0.587. The van der Waals surface area contributed by atoms with Gasteiger partial charge >= 0.3 is 11.9 Å². The lowest BCUT2D eigenvalue weighted by Crippen LogP contribution is -2.27. The first-order chi connectivity index (χ1) is 21.0. The molecule has 9 nitrogen and oxygen atoms in total. The van der Waals surface area contributed by atoms with Crippen molar-refractivity contribution in [1.82, 2.24) is 0 Å². The van der Waals surface area contributed by atoms with Crippen LogP contribution in [0.5, 0.6) is 11.5 Å². The smallest absolute Gasteiger partial charge is 0.344 e. The van der Waals surface area contributed by atoms with Crippen LogP contribution in [0, 0.1) is 0 Å². The maximum Gasteiger partial charge on any atom is 0.344 e. The molecule has 0 atom stereocenters. The van der Waals surface area contributed by atoms with Crippen LogP contribution in [0.4, 0.5) is 0 Å². The van der Waals surface area contributed by atoms with Gasteiger partial charge in [0.05, 0.1) is 5.75 Å². The third-order valence-corrected chi connectivity index (χ3v) is 11.1. The zero-order valence-electron chi connectivity index (χ0n) is 27.0. The quantitative estimate of drug-likeness (QED) is 0.162. The van der Waals surface area contributed by atoms with Gasteiger partial charge in [-0.3, -0.25) is 0 Å². The van der Waals surface area contributed by atoms with E-state index in [0.717, 1.165) is 0 Å². The van der Waals surface area contributed by atoms with E-state index in [9.17, 15) is 18.0 Å². The largest absolute Gasteiger partial charge is 0.482 e. The van der Waals surface area contributed by atoms with E-state index in [1.165, 1.54) is 0 Å². The van der Waals surface area contributed by atoms with E-state index < -0.39 is 43.6 Å². The fourth-order valence-electron chi connectivity index (χ4n) is 4.16. The number of carbonyl (C=O) groups is 2. The van der Waals surface area contributed by atoms with Gasteiger partial charge in [0, 0.05) is 14.7 Å². The highest BCUT2D eigenvalue weighted by molar-refractivity contribution is 8.33. The van der Waals surface area contributed by atoms with Crippen molar-refractivity contribution in [2.45, 2.75) is 87.2 Å². The molecule has 3 aromatic rings. The number of esters is 2. The molecule has 0 radical (unpaired) electrons. The Labute approximate surface area is 268 Å². The normalized spacial score (nSPS) is 12.7. The number of unbranched alkanes of at least 4 members (excludes halogenated alkanes) is 1. The molecule has 0 spiro atoms. The molecule has 0 aliphatic rings. The number of ether oxygens (including phenoxy) is 4. The van der Waals surface area contributed by atoms with Crippen LogP contribution in [0.2, 0.25) is 0 Å². The van der Waals surface area contributed by atoms with Crippen molar-refractivity contribution in [3.05, 3.63) is 78.9 Å². The third-order valence-electron chi connectivity index (χ3n) is 5.86. The highest BCUT2D eigenvalue weighted by Gasteiger charge is 2.38. The van der Waals surface area contributed by atoms with E-state index in [0.29, 0.717) is 39.0 Å². The van der Waals surface area contributed by atoms with Crippen LogP contribution in [0.3, 0.4) is 0 Å². The standard InChI is InChI=1S/C34H44O9S2/c1-8-9-21-44(37,38)43-45(28-17-11-10-12-18-28,29-19-13-15-26(22-29)39-24-31(35)41-33(2,3)4)30-20-14-16-27(23-30)40-25-32(36)42-34(5,6)7/h10-20,22-23H,8-9,21,24-25H2,1-7H3. The average Bonchev–Trinajstić information content (AvgIpc) is 2.96. The lowest BCUT2D eigenvalue weighted by molar-refractivity contribution is -0.158. The highest BCUT2D eigenvalue weighted by Crippen LogP contribution is 2.70. The van der Waals surface area contributed by atoms with Crippen LogP contribution < -0.4 is 9.47 Å². The molecule has 0 aliphatic carbocycles. The van der Waals surface area contributed by atoms with E-state index >= 15 is 0 Å². The number of benzene rings is 3. The van der Waals surface area contributed by atoms with Crippen LogP contribution in [0.25, 0.3) is 0 Å². The molecule has 0 heterocycles. The van der Waals surface area contributed by atoms with Gasteiger partial charge in [0.25, 0.3) is 10.1 Å². The molecule has 0 saturated heterocycles. The second kappa shape index (κ2) is 15.2. The van der Waals surface area contributed by atoms with Crippen LogP contribution in [0.1, 0.15) is 61.3 Å². The maximum atomic E-state index is 13.6. The van der Waals surface area contributed by atoms with Crippen molar-refractivity contribution < 1.29 is 40.6 Å². The number of hydrogen-bond donors (Lipinski definition) is 0. The lowest BCUT2D eigenvalue weighted by Gasteiger charge is -2.39. The second-order valence-electron chi connectivity index (χ2n) is 12.3. The topological polar surface area (TPSA) is 114 Å². The molecule has 0 fully saturated rings. The third kappa shape index (κ3) is 11.1. The van der Waals surface area contributed by atoms with Gasteiger partial charge in [0.2, 0.25) is 0 Å². The summed E-state index contributed by atoms with van der Waals surface area (Å²) in [5.41, 5.74) is -1.35. The number of rotatable bonds is 14. The molecule has 3 aromatic carbocycles. The van der Waals surface area contributed by atoms with Crippen molar-refractivity contribution in [2.24, 2.45) is 0 Å². The fraction of sp³-hybridized carbons (Fsp3) is 0.412. The molecular weight excluding hydrogens is 616 g/mol. The van der Waals surface area contributed by atoms with E-state index in [4.69, 9.17) is 22.6 Å². The van der Waals surface area contributed by atoms with Crippen LogP contribution >= 0.6 is 10.3 Å². The summed E-state index contributed by atoms with van der Waals surface area (Å²) in [6, 6.07) is 22.8. The van der Waals surface area contributed by atoms with Crippen molar-refractivity contribution in [3.63, 3.8) is 0 Å². The molecule has 0 amide bonds. The molecular formula is C34H44O9S2. The first kappa shape index (κ1) is 35.9. The van der Waals surface area contributed by atoms with Gasteiger partial charge in [0.15, 0.2) is 13.2 Å². The second-order valence-corrected chi connectivity index (χ2v) is 16.8.